The molecule has 0 spiro atoms. The summed E-state index contributed by atoms with van der Waals surface area (Å²) >= 11 is 0. The van der Waals surface area contributed by atoms with Gasteiger partial charge in [-0.3, -0.25) is 9.59 Å². The lowest BCUT2D eigenvalue weighted by Gasteiger charge is -2.11. The molecule has 0 radical (unpaired) electrons. The van der Waals surface area contributed by atoms with Crippen LogP contribution in [0.5, 0.6) is 11.5 Å². The normalized spacial score (nSPS) is 10.5. The van der Waals surface area contributed by atoms with E-state index in [-0.39, 0.29) is 10.9 Å². The van der Waals surface area contributed by atoms with Crippen LogP contribution in [0.3, 0.4) is 0 Å². The van der Waals surface area contributed by atoms with E-state index in [1.165, 1.54) is 32.5 Å². The number of benzene rings is 2. The van der Waals surface area contributed by atoms with Crippen LogP contribution in [-0.2, 0) is 0 Å². The number of anilines is 1. The van der Waals surface area contributed by atoms with E-state index in [0.29, 0.717) is 22.7 Å². The number of methoxy groups -OCH3 is 2. The second-order valence-corrected chi connectivity index (χ2v) is 5.24. The van der Waals surface area contributed by atoms with E-state index in [4.69, 9.17) is 9.47 Å². The number of carbonyl (C=O) groups is 1. The number of amides is 1. The van der Waals surface area contributed by atoms with Crippen molar-refractivity contribution >= 4 is 22.5 Å². The van der Waals surface area contributed by atoms with Gasteiger partial charge in [-0.25, -0.2) is 4.39 Å². The van der Waals surface area contributed by atoms with Crippen LogP contribution in [-0.4, -0.2) is 25.1 Å². The Bertz CT molecular complexity index is 1010. The molecular formula is C18H15FN2O4. The van der Waals surface area contributed by atoms with Gasteiger partial charge in [-0.05, 0) is 30.3 Å². The largest absolute Gasteiger partial charge is 0.497 e. The molecule has 0 bridgehead atoms. The Morgan fingerprint density at radius 2 is 1.92 bits per heavy atom. The lowest BCUT2D eigenvalue weighted by molar-refractivity contribution is 0.102. The minimum atomic E-state index is -0.629. The summed E-state index contributed by atoms with van der Waals surface area (Å²) in [6.07, 6.45) is 1.30. The topological polar surface area (TPSA) is 80.4 Å². The van der Waals surface area contributed by atoms with Crippen LogP contribution in [0.4, 0.5) is 10.1 Å². The fraction of sp³-hybridized carbons (Fsp3) is 0.111. The van der Waals surface area contributed by atoms with Crippen molar-refractivity contribution in [1.82, 2.24) is 4.98 Å². The van der Waals surface area contributed by atoms with Crippen LogP contribution in [0.1, 0.15) is 10.4 Å². The molecule has 3 rings (SSSR count). The Morgan fingerprint density at radius 1 is 1.12 bits per heavy atom. The van der Waals surface area contributed by atoms with Gasteiger partial charge in [-0.1, -0.05) is 0 Å². The maximum absolute atomic E-state index is 13.4. The van der Waals surface area contributed by atoms with E-state index < -0.39 is 17.2 Å². The standard InChI is InChI=1S/C18H15FN2O4/c1-24-11-4-6-15(16(8-11)25-2)21-18(23)13-9-20-14-5-3-10(19)7-12(14)17(13)22/h3-9H,1-2H3,(H,20,22)(H,21,23). The van der Waals surface area contributed by atoms with Crippen molar-refractivity contribution < 1.29 is 18.7 Å². The fourth-order valence-corrected chi connectivity index (χ4v) is 2.45. The molecule has 1 amide bonds. The molecule has 0 fully saturated rings. The molecule has 2 aromatic carbocycles. The maximum Gasteiger partial charge on any atom is 0.261 e. The van der Waals surface area contributed by atoms with E-state index in [9.17, 15) is 14.0 Å². The number of aromatic nitrogens is 1. The molecule has 0 aliphatic carbocycles. The summed E-state index contributed by atoms with van der Waals surface area (Å²) in [5, 5.41) is 2.72. The first-order valence-corrected chi connectivity index (χ1v) is 7.38. The third-order valence-corrected chi connectivity index (χ3v) is 3.74. The van der Waals surface area contributed by atoms with Gasteiger partial charge in [-0.2, -0.15) is 0 Å². The minimum absolute atomic E-state index is 0.106. The first-order valence-electron chi connectivity index (χ1n) is 7.38. The van der Waals surface area contributed by atoms with Crippen LogP contribution in [0.2, 0.25) is 0 Å². The highest BCUT2D eigenvalue weighted by Gasteiger charge is 2.16. The number of H-pyrrole nitrogens is 1. The molecule has 25 heavy (non-hydrogen) atoms. The maximum atomic E-state index is 13.4. The average molecular weight is 342 g/mol. The van der Waals surface area contributed by atoms with Crippen molar-refractivity contribution in [1.29, 1.82) is 0 Å². The van der Waals surface area contributed by atoms with Gasteiger partial charge in [0.25, 0.3) is 5.91 Å². The van der Waals surface area contributed by atoms with Crippen molar-refractivity contribution in [3.63, 3.8) is 0 Å². The van der Waals surface area contributed by atoms with Gasteiger partial charge in [-0.15, -0.1) is 0 Å². The third kappa shape index (κ3) is 3.16. The Morgan fingerprint density at radius 3 is 2.64 bits per heavy atom. The van der Waals surface area contributed by atoms with Crippen LogP contribution in [0.25, 0.3) is 10.9 Å². The quantitative estimate of drug-likeness (QED) is 0.764. The van der Waals surface area contributed by atoms with Gasteiger partial charge in [0.2, 0.25) is 5.43 Å². The molecule has 1 aromatic heterocycles. The Kier molecular flexibility index (Phi) is 4.38. The Hall–Kier alpha value is -3.35. The molecule has 6 nitrogen and oxygen atoms in total. The van der Waals surface area contributed by atoms with Gasteiger partial charge in [0.1, 0.15) is 22.9 Å². The number of aromatic amines is 1. The number of hydrogen-bond acceptors (Lipinski definition) is 4. The third-order valence-electron chi connectivity index (χ3n) is 3.74. The van der Waals surface area contributed by atoms with E-state index in [2.05, 4.69) is 10.3 Å². The van der Waals surface area contributed by atoms with Gasteiger partial charge in [0.15, 0.2) is 0 Å². The van der Waals surface area contributed by atoms with Crippen molar-refractivity contribution in [2.24, 2.45) is 0 Å². The minimum Gasteiger partial charge on any atom is -0.497 e. The molecule has 0 aliphatic heterocycles. The number of ether oxygens (including phenoxy) is 2. The molecule has 0 aliphatic rings. The highest BCUT2D eigenvalue weighted by molar-refractivity contribution is 6.06. The molecule has 3 aromatic rings. The van der Waals surface area contributed by atoms with Crippen LogP contribution in [0, 0.1) is 5.82 Å². The van der Waals surface area contributed by atoms with Crippen molar-refractivity contribution in [2.75, 3.05) is 19.5 Å². The summed E-state index contributed by atoms with van der Waals surface area (Å²) in [6, 6.07) is 8.64. The molecule has 0 atom stereocenters. The smallest absolute Gasteiger partial charge is 0.261 e. The number of hydrogen-bond donors (Lipinski definition) is 2. The first-order chi connectivity index (χ1) is 12.0. The second kappa shape index (κ2) is 6.64. The molecule has 0 saturated carbocycles. The van der Waals surface area contributed by atoms with Crippen LogP contribution < -0.4 is 20.2 Å². The Balaban J connectivity index is 1.98. The van der Waals surface area contributed by atoms with Gasteiger partial charge < -0.3 is 19.8 Å². The summed E-state index contributed by atoms with van der Waals surface area (Å²) in [7, 11) is 2.97. The highest BCUT2D eigenvalue weighted by Crippen LogP contribution is 2.29. The molecule has 128 valence electrons. The number of pyridine rings is 1. The first kappa shape index (κ1) is 16.5. The Labute approximate surface area is 142 Å². The zero-order valence-electron chi connectivity index (χ0n) is 13.6. The van der Waals surface area contributed by atoms with E-state index in [1.807, 2.05) is 0 Å². The van der Waals surface area contributed by atoms with Gasteiger partial charge in [0, 0.05) is 23.2 Å². The van der Waals surface area contributed by atoms with E-state index in [0.717, 1.165) is 6.07 Å². The molecule has 7 heteroatoms. The predicted octanol–water partition coefficient (Wildman–Crippen LogP) is 2.94. The van der Waals surface area contributed by atoms with Gasteiger partial charge in [0.05, 0.1) is 19.9 Å². The van der Waals surface area contributed by atoms with Crippen LogP contribution >= 0.6 is 0 Å². The van der Waals surface area contributed by atoms with Crippen molar-refractivity contribution in [2.45, 2.75) is 0 Å². The summed E-state index contributed by atoms with van der Waals surface area (Å²) in [5.74, 6) is -0.229. The predicted molar refractivity (Wildman–Crippen MR) is 92.0 cm³/mol. The SMILES string of the molecule is COc1ccc(NC(=O)c2c[nH]c3ccc(F)cc3c2=O)c(OC)c1. The lowest BCUT2D eigenvalue weighted by atomic mass is 10.1. The molecule has 2 N–H and O–H groups in total. The van der Waals surface area contributed by atoms with Crippen LogP contribution in [0.15, 0.2) is 47.4 Å². The molecule has 0 saturated heterocycles. The number of fused-ring (bicyclic) bond motifs is 1. The molecule has 1 heterocycles. The monoisotopic (exact) mass is 342 g/mol. The summed E-state index contributed by atoms with van der Waals surface area (Å²) in [6.45, 7) is 0. The van der Waals surface area contributed by atoms with Crippen molar-refractivity contribution in [3.8, 4) is 11.5 Å². The van der Waals surface area contributed by atoms with E-state index >= 15 is 0 Å². The summed E-state index contributed by atoms with van der Waals surface area (Å²) < 4.78 is 23.7. The summed E-state index contributed by atoms with van der Waals surface area (Å²) in [5.41, 5.74) is 0.145. The number of carbonyl (C=O) groups excluding carboxylic acids is 1. The number of rotatable bonds is 4. The fourth-order valence-electron chi connectivity index (χ4n) is 2.45. The zero-order valence-corrected chi connectivity index (χ0v) is 13.6. The molecule has 0 unspecified atom stereocenters. The lowest BCUT2D eigenvalue weighted by Crippen LogP contribution is -2.22. The van der Waals surface area contributed by atoms with E-state index in [1.54, 1.807) is 18.2 Å². The molecular weight excluding hydrogens is 327 g/mol. The average Bonchev–Trinajstić information content (AvgIpc) is 2.62. The van der Waals surface area contributed by atoms with Crippen molar-refractivity contribution in [3.05, 3.63) is 64.2 Å². The zero-order chi connectivity index (χ0) is 18.0. The van der Waals surface area contributed by atoms with Gasteiger partial charge >= 0.3 is 0 Å². The number of nitrogens with one attached hydrogen (secondary N) is 2. The number of halogens is 1. The highest BCUT2D eigenvalue weighted by atomic mass is 19.1. The summed E-state index contributed by atoms with van der Waals surface area (Å²) in [4.78, 5) is 27.8. The second-order valence-electron chi connectivity index (χ2n) is 5.24.